The first kappa shape index (κ1) is 13.1. The van der Waals surface area contributed by atoms with E-state index in [-0.39, 0.29) is 6.04 Å². The molecule has 5 nitrogen and oxygen atoms in total. The van der Waals surface area contributed by atoms with Gasteiger partial charge in [0, 0.05) is 16.1 Å². The molecule has 0 amide bonds. The quantitative estimate of drug-likeness (QED) is 0.770. The van der Waals surface area contributed by atoms with E-state index in [1.54, 1.807) is 11.3 Å². The summed E-state index contributed by atoms with van der Waals surface area (Å²) in [5.41, 5.74) is 1.92. The van der Waals surface area contributed by atoms with E-state index in [0.29, 0.717) is 5.82 Å². The number of aromatic nitrogens is 4. The summed E-state index contributed by atoms with van der Waals surface area (Å²) in [4.78, 5) is 1.19. The molecule has 20 heavy (non-hydrogen) atoms. The molecule has 0 saturated carbocycles. The number of anilines is 1. The Morgan fingerprint density at radius 3 is 2.90 bits per heavy atom. The third-order valence-corrected chi connectivity index (χ3v) is 4.28. The molecule has 2 N–H and O–H groups in total. The summed E-state index contributed by atoms with van der Waals surface area (Å²) in [7, 11) is 0. The summed E-state index contributed by atoms with van der Waals surface area (Å²) < 4.78 is 0.800. The molecule has 102 valence electrons. The number of thiophene rings is 1. The van der Waals surface area contributed by atoms with E-state index in [2.05, 4.69) is 32.9 Å². The highest BCUT2D eigenvalue weighted by atomic mass is 35.5. The smallest absolute Gasteiger partial charge is 0.204 e. The molecule has 0 radical (unpaired) electrons. The second-order valence-electron chi connectivity index (χ2n) is 4.32. The number of rotatable bonds is 4. The minimum absolute atomic E-state index is 0.188. The van der Waals surface area contributed by atoms with Crippen LogP contribution < -0.4 is 5.32 Å². The van der Waals surface area contributed by atoms with Crippen LogP contribution in [-0.4, -0.2) is 20.6 Å². The van der Waals surface area contributed by atoms with E-state index < -0.39 is 0 Å². The van der Waals surface area contributed by atoms with E-state index in [0.717, 1.165) is 15.6 Å². The first-order chi connectivity index (χ1) is 9.72. The maximum absolute atomic E-state index is 5.96. The van der Waals surface area contributed by atoms with Crippen molar-refractivity contribution in [2.75, 3.05) is 5.32 Å². The Kier molecular flexibility index (Phi) is 3.66. The van der Waals surface area contributed by atoms with Crippen LogP contribution in [0.5, 0.6) is 0 Å². The number of aromatic amines is 1. The summed E-state index contributed by atoms with van der Waals surface area (Å²) in [6.07, 6.45) is 0. The number of nitrogens with zero attached hydrogens (tertiary/aromatic N) is 3. The minimum Gasteiger partial charge on any atom is -0.378 e. The number of benzene rings is 1. The van der Waals surface area contributed by atoms with E-state index in [4.69, 9.17) is 11.6 Å². The zero-order chi connectivity index (χ0) is 13.9. The van der Waals surface area contributed by atoms with Crippen molar-refractivity contribution in [1.82, 2.24) is 20.6 Å². The predicted molar refractivity (Wildman–Crippen MR) is 81.0 cm³/mol. The van der Waals surface area contributed by atoms with E-state index in [1.165, 1.54) is 4.88 Å². The fourth-order valence-electron chi connectivity index (χ4n) is 1.91. The number of hydrogen-bond donors (Lipinski definition) is 2. The highest BCUT2D eigenvalue weighted by Crippen LogP contribution is 2.29. The molecule has 0 spiro atoms. The summed E-state index contributed by atoms with van der Waals surface area (Å²) in [6, 6.07) is 12.0. The lowest BCUT2D eigenvalue weighted by Crippen LogP contribution is -2.04. The number of hydrogen-bond acceptors (Lipinski definition) is 5. The first-order valence-corrected chi connectivity index (χ1v) is 7.27. The molecule has 3 aromatic rings. The lowest BCUT2D eigenvalue weighted by Gasteiger charge is -2.14. The third-order valence-electron chi connectivity index (χ3n) is 2.87. The van der Waals surface area contributed by atoms with E-state index >= 15 is 0 Å². The number of tetrazole rings is 1. The van der Waals surface area contributed by atoms with Crippen molar-refractivity contribution >= 4 is 28.6 Å². The zero-order valence-corrected chi connectivity index (χ0v) is 12.2. The minimum atomic E-state index is 0.188. The normalized spacial score (nSPS) is 12.3. The average Bonchev–Trinajstić information content (AvgIpc) is 3.10. The van der Waals surface area contributed by atoms with Crippen LogP contribution in [0, 0.1) is 0 Å². The number of nitrogens with one attached hydrogen (secondary N) is 2. The van der Waals surface area contributed by atoms with Crippen molar-refractivity contribution in [1.29, 1.82) is 0 Å². The largest absolute Gasteiger partial charge is 0.378 e. The SMILES string of the molecule is CC(Nc1cccc(-c2nn[nH]n2)c1)c1ccc(Cl)s1. The third kappa shape index (κ3) is 2.81. The highest BCUT2D eigenvalue weighted by molar-refractivity contribution is 7.16. The van der Waals surface area contributed by atoms with Gasteiger partial charge in [0.15, 0.2) is 0 Å². The fourth-order valence-corrected chi connectivity index (χ4v) is 2.98. The molecular weight excluding hydrogens is 294 g/mol. The maximum Gasteiger partial charge on any atom is 0.204 e. The number of H-pyrrole nitrogens is 1. The Morgan fingerprint density at radius 1 is 1.30 bits per heavy atom. The Morgan fingerprint density at radius 2 is 2.20 bits per heavy atom. The van der Waals surface area contributed by atoms with Crippen LogP contribution in [0.25, 0.3) is 11.4 Å². The average molecular weight is 306 g/mol. The molecule has 0 aliphatic carbocycles. The molecule has 2 heterocycles. The van der Waals surface area contributed by atoms with Crippen LogP contribution in [0.4, 0.5) is 5.69 Å². The van der Waals surface area contributed by atoms with Gasteiger partial charge in [0.05, 0.1) is 10.4 Å². The summed E-state index contributed by atoms with van der Waals surface area (Å²) >= 11 is 7.54. The second kappa shape index (κ2) is 5.60. The first-order valence-electron chi connectivity index (χ1n) is 6.08. The second-order valence-corrected chi connectivity index (χ2v) is 6.07. The van der Waals surface area contributed by atoms with Gasteiger partial charge < -0.3 is 5.32 Å². The fraction of sp³-hybridized carbons (Fsp3) is 0.154. The molecule has 1 unspecified atom stereocenters. The molecule has 0 fully saturated rings. The van der Waals surface area contributed by atoms with Gasteiger partial charge in [-0.15, -0.1) is 21.5 Å². The van der Waals surface area contributed by atoms with Crippen molar-refractivity contribution < 1.29 is 0 Å². The van der Waals surface area contributed by atoms with Gasteiger partial charge in [-0.3, -0.25) is 0 Å². The molecule has 0 saturated heterocycles. The van der Waals surface area contributed by atoms with Gasteiger partial charge in [-0.2, -0.15) is 5.21 Å². The van der Waals surface area contributed by atoms with Crippen LogP contribution in [0.1, 0.15) is 17.8 Å². The van der Waals surface area contributed by atoms with Crippen molar-refractivity contribution in [3.05, 3.63) is 45.6 Å². The standard InChI is InChI=1S/C13H12ClN5S/c1-8(11-5-6-12(14)20-11)15-10-4-2-3-9(7-10)13-16-18-19-17-13/h2-8,15H,1H3,(H,16,17,18,19). The van der Waals surface area contributed by atoms with Gasteiger partial charge in [-0.1, -0.05) is 23.7 Å². The Bertz CT molecular complexity index is 694. The molecule has 0 aliphatic heterocycles. The van der Waals surface area contributed by atoms with Gasteiger partial charge in [0.25, 0.3) is 0 Å². The molecule has 1 atom stereocenters. The van der Waals surface area contributed by atoms with Gasteiger partial charge in [0.2, 0.25) is 5.82 Å². The summed E-state index contributed by atoms with van der Waals surface area (Å²) in [5.74, 6) is 0.584. The van der Waals surface area contributed by atoms with Crippen LogP contribution in [0.15, 0.2) is 36.4 Å². The van der Waals surface area contributed by atoms with E-state index in [1.807, 2.05) is 36.4 Å². The Labute approximate surface area is 125 Å². The Balaban J connectivity index is 1.79. The van der Waals surface area contributed by atoms with Crippen molar-refractivity contribution in [2.45, 2.75) is 13.0 Å². The van der Waals surface area contributed by atoms with E-state index in [9.17, 15) is 0 Å². The molecule has 1 aromatic carbocycles. The molecule has 7 heteroatoms. The highest BCUT2D eigenvalue weighted by Gasteiger charge is 2.09. The maximum atomic E-state index is 5.96. The Hall–Kier alpha value is -1.92. The molecule has 3 rings (SSSR count). The van der Waals surface area contributed by atoms with Crippen LogP contribution >= 0.6 is 22.9 Å². The van der Waals surface area contributed by atoms with Gasteiger partial charge in [0.1, 0.15) is 0 Å². The van der Waals surface area contributed by atoms with Gasteiger partial charge in [-0.05, 0) is 36.4 Å². The topological polar surface area (TPSA) is 66.5 Å². The zero-order valence-electron chi connectivity index (χ0n) is 10.7. The van der Waals surface area contributed by atoms with Crippen molar-refractivity contribution in [2.24, 2.45) is 0 Å². The van der Waals surface area contributed by atoms with Gasteiger partial charge >= 0.3 is 0 Å². The molecule has 0 bridgehead atoms. The monoisotopic (exact) mass is 305 g/mol. The van der Waals surface area contributed by atoms with Crippen LogP contribution in [0.2, 0.25) is 4.34 Å². The van der Waals surface area contributed by atoms with Crippen LogP contribution in [-0.2, 0) is 0 Å². The van der Waals surface area contributed by atoms with Crippen molar-refractivity contribution in [3.63, 3.8) is 0 Å². The van der Waals surface area contributed by atoms with Crippen molar-refractivity contribution in [3.8, 4) is 11.4 Å². The van der Waals surface area contributed by atoms with Gasteiger partial charge in [-0.25, -0.2) is 0 Å². The lowest BCUT2D eigenvalue weighted by atomic mass is 10.1. The number of halogens is 1. The summed E-state index contributed by atoms with van der Waals surface area (Å²) in [5, 5.41) is 17.4. The predicted octanol–water partition coefficient (Wildman–Crippen LogP) is 3.75. The lowest BCUT2D eigenvalue weighted by molar-refractivity contribution is 0.881. The molecular formula is C13H12ClN5S. The van der Waals surface area contributed by atoms with Crippen LogP contribution in [0.3, 0.4) is 0 Å². The summed E-state index contributed by atoms with van der Waals surface area (Å²) in [6.45, 7) is 2.10. The molecule has 2 aromatic heterocycles. The molecule has 0 aliphatic rings.